The third kappa shape index (κ3) is 6.07. The fourth-order valence-corrected chi connectivity index (χ4v) is 2.71. The van der Waals surface area contributed by atoms with Crippen LogP contribution in [-0.4, -0.2) is 44.1 Å². The minimum atomic E-state index is -4.72. The monoisotopic (exact) mass is 333 g/mol. The van der Waals surface area contributed by atoms with Gasteiger partial charge in [0.2, 0.25) is 0 Å². The number of carbonyl (C=O) groups is 1. The maximum Gasteiger partial charge on any atom is 0.573 e. The molecule has 8 heteroatoms. The molecule has 2 N–H and O–H groups in total. The number of morpholine rings is 1. The highest BCUT2D eigenvalue weighted by Gasteiger charge is 2.31. The Hall–Kier alpha value is -1.80. The van der Waals surface area contributed by atoms with E-state index in [1.165, 1.54) is 12.1 Å². The van der Waals surface area contributed by atoms with E-state index in [9.17, 15) is 18.0 Å². The number of rotatable bonds is 4. The average Bonchev–Trinajstić information content (AvgIpc) is 2.38. The van der Waals surface area contributed by atoms with Crippen LogP contribution in [0, 0.1) is 0 Å². The average molecular weight is 333 g/mol. The molecule has 0 saturated carbocycles. The fourth-order valence-electron chi connectivity index (χ4n) is 2.71. The summed E-state index contributed by atoms with van der Waals surface area (Å²) in [6.45, 7) is 5.71. The molecule has 2 rings (SSSR count). The molecule has 128 valence electrons. The lowest BCUT2D eigenvalue weighted by Crippen LogP contribution is -3.16. The van der Waals surface area contributed by atoms with Gasteiger partial charge in [0.25, 0.3) is 5.91 Å². The Balaban J connectivity index is 1.85. The van der Waals surface area contributed by atoms with Crippen LogP contribution < -0.4 is 15.0 Å². The zero-order valence-electron chi connectivity index (χ0n) is 12.9. The summed E-state index contributed by atoms with van der Waals surface area (Å²) in [5.74, 6) is -0.511. The Bertz CT molecular complexity index is 524. The van der Waals surface area contributed by atoms with E-state index < -0.39 is 6.36 Å². The first-order chi connectivity index (χ1) is 10.7. The van der Waals surface area contributed by atoms with Gasteiger partial charge in [0.05, 0.1) is 0 Å². The molecule has 1 heterocycles. The first kappa shape index (κ1) is 17.6. The van der Waals surface area contributed by atoms with E-state index in [1.54, 1.807) is 0 Å². The fraction of sp³-hybridized carbons (Fsp3) is 0.533. The van der Waals surface area contributed by atoms with Crippen molar-refractivity contribution in [2.24, 2.45) is 0 Å². The number of hydrogen-bond donors (Lipinski definition) is 2. The van der Waals surface area contributed by atoms with Gasteiger partial charge in [-0.25, -0.2) is 0 Å². The number of ether oxygens (including phenoxy) is 2. The highest BCUT2D eigenvalue weighted by Crippen LogP contribution is 2.23. The van der Waals surface area contributed by atoms with Crippen molar-refractivity contribution in [3.63, 3.8) is 0 Å². The minimum Gasteiger partial charge on any atom is -0.406 e. The molecule has 1 fully saturated rings. The number of anilines is 1. The second-order valence-electron chi connectivity index (χ2n) is 5.71. The third-order valence-corrected chi connectivity index (χ3v) is 3.40. The van der Waals surface area contributed by atoms with Gasteiger partial charge in [0.1, 0.15) is 31.0 Å². The quantitative estimate of drug-likeness (QED) is 0.871. The lowest BCUT2D eigenvalue weighted by atomic mass is 10.2. The summed E-state index contributed by atoms with van der Waals surface area (Å²) in [5.41, 5.74) is 0.429. The van der Waals surface area contributed by atoms with E-state index in [2.05, 4.69) is 10.1 Å². The van der Waals surface area contributed by atoms with Crippen LogP contribution in [0.3, 0.4) is 0 Å². The van der Waals surface area contributed by atoms with Crippen LogP contribution >= 0.6 is 0 Å². The van der Waals surface area contributed by atoms with Crippen LogP contribution in [-0.2, 0) is 9.53 Å². The summed E-state index contributed by atoms with van der Waals surface area (Å²) >= 11 is 0. The van der Waals surface area contributed by atoms with E-state index >= 15 is 0 Å². The molecule has 1 aromatic rings. The molecule has 23 heavy (non-hydrogen) atoms. The second kappa shape index (κ2) is 7.18. The predicted molar refractivity (Wildman–Crippen MR) is 77.3 cm³/mol. The Morgan fingerprint density at radius 1 is 1.26 bits per heavy atom. The van der Waals surface area contributed by atoms with Crippen molar-refractivity contribution < 1.29 is 32.3 Å². The van der Waals surface area contributed by atoms with Crippen LogP contribution in [0.5, 0.6) is 5.75 Å². The largest absolute Gasteiger partial charge is 0.573 e. The summed E-state index contributed by atoms with van der Waals surface area (Å²) in [6.07, 6.45) is -4.53. The zero-order valence-corrected chi connectivity index (χ0v) is 12.9. The summed E-state index contributed by atoms with van der Waals surface area (Å²) < 4.78 is 45.6. The Morgan fingerprint density at radius 2 is 1.83 bits per heavy atom. The second-order valence-corrected chi connectivity index (χ2v) is 5.71. The molecular formula is C15H20F3N2O3+. The maximum absolute atomic E-state index is 12.1. The van der Waals surface area contributed by atoms with Gasteiger partial charge in [-0.2, -0.15) is 0 Å². The smallest absolute Gasteiger partial charge is 0.406 e. The number of halogens is 3. The number of amides is 1. The van der Waals surface area contributed by atoms with Crippen molar-refractivity contribution in [2.45, 2.75) is 32.4 Å². The van der Waals surface area contributed by atoms with Gasteiger partial charge in [-0.15, -0.1) is 13.2 Å². The van der Waals surface area contributed by atoms with E-state index in [0.29, 0.717) is 12.2 Å². The van der Waals surface area contributed by atoms with Crippen molar-refractivity contribution >= 4 is 11.6 Å². The van der Waals surface area contributed by atoms with Gasteiger partial charge >= 0.3 is 6.36 Å². The molecule has 1 aliphatic rings. The zero-order chi connectivity index (χ0) is 17.0. The van der Waals surface area contributed by atoms with Crippen LogP contribution in [0.25, 0.3) is 0 Å². The van der Waals surface area contributed by atoms with E-state index in [1.807, 2.05) is 13.8 Å². The predicted octanol–water partition coefficient (Wildman–Crippen LogP) is 1.22. The number of alkyl halides is 3. The number of nitrogens with one attached hydrogen (secondary N) is 2. The number of carbonyl (C=O) groups excluding carboxylic acids is 1. The Kier molecular flexibility index (Phi) is 5.48. The molecule has 0 radical (unpaired) electrons. The molecule has 0 aromatic heterocycles. The topological polar surface area (TPSA) is 52.0 Å². The van der Waals surface area contributed by atoms with Crippen molar-refractivity contribution in [1.29, 1.82) is 0 Å². The summed E-state index contributed by atoms with van der Waals surface area (Å²) in [5, 5.41) is 2.67. The summed E-state index contributed by atoms with van der Waals surface area (Å²) in [7, 11) is 0. The molecule has 1 aliphatic heterocycles. The van der Waals surface area contributed by atoms with Crippen molar-refractivity contribution in [2.75, 3.05) is 25.0 Å². The van der Waals surface area contributed by atoms with Crippen LogP contribution in [0.15, 0.2) is 24.3 Å². The van der Waals surface area contributed by atoms with E-state index in [0.717, 1.165) is 30.1 Å². The number of quaternary nitrogens is 1. The van der Waals surface area contributed by atoms with Gasteiger partial charge in [0, 0.05) is 5.69 Å². The van der Waals surface area contributed by atoms with Crippen molar-refractivity contribution in [1.82, 2.24) is 0 Å². The highest BCUT2D eigenvalue weighted by atomic mass is 19.4. The first-order valence-electron chi connectivity index (χ1n) is 7.36. The molecule has 5 nitrogen and oxygen atoms in total. The van der Waals surface area contributed by atoms with Gasteiger partial charge in [0.15, 0.2) is 6.54 Å². The molecule has 0 aliphatic carbocycles. The lowest BCUT2D eigenvalue weighted by molar-refractivity contribution is -0.907. The molecule has 1 amide bonds. The standard InChI is InChI=1S/C15H19F3N2O3/c1-10-7-20(8-11(2)22-10)9-14(21)19-12-3-5-13(6-4-12)23-15(16,17)18/h3-6,10-11H,7-9H2,1-2H3,(H,19,21)/p+1/t10-,11-/m1/s1. The molecule has 1 aromatic carbocycles. The van der Waals surface area contributed by atoms with Gasteiger partial charge < -0.3 is 19.7 Å². The summed E-state index contributed by atoms with van der Waals surface area (Å²) in [6, 6.07) is 5.07. The molecule has 1 saturated heterocycles. The van der Waals surface area contributed by atoms with Crippen molar-refractivity contribution in [3.05, 3.63) is 24.3 Å². The Labute approximate surface area is 132 Å². The van der Waals surface area contributed by atoms with Gasteiger partial charge in [-0.05, 0) is 38.1 Å². The molecule has 0 spiro atoms. The van der Waals surface area contributed by atoms with Gasteiger partial charge in [-0.3, -0.25) is 4.79 Å². The normalized spacial score (nSPS) is 25.0. The molecule has 0 bridgehead atoms. The van der Waals surface area contributed by atoms with E-state index in [4.69, 9.17) is 4.74 Å². The maximum atomic E-state index is 12.1. The van der Waals surface area contributed by atoms with E-state index in [-0.39, 0.29) is 23.9 Å². The first-order valence-corrected chi connectivity index (χ1v) is 7.36. The van der Waals surface area contributed by atoms with Gasteiger partial charge in [-0.1, -0.05) is 0 Å². The lowest BCUT2D eigenvalue weighted by Gasteiger charge is -2.31. The Morgan fingerprint density at radius 3 is 2.35 bits per heavy atom. The van der Waals surface area contributed by atoms with Crippen LogP contribution in [0.4, 0.5) is 18.9 Å². The summed E-state index contributed by atoms with van der Waals surface area (Å²) in [4.78, 5) is 13.1. The number of benzene rings is 1. The third-order valence-electron chi connectivity index (χ3n) is 3.40. The molecular weight excluding hydrogens is 313 g/mol. The highest BCUT2D eigenvalue weighted by molar-refractivity contribution is 5.91. The van der Waals surface area contributed by atoms with Crippen LogP contribution in [0.2, 0.25) is 0 Å². The number of hydrogen-bond acceptors (Lipinski definition) is 3. The minimum absolute atomic E-state index is 0.0975. The SMILES string of the molecule is C[C@@H]1C[NH+](CC(=O)Nc2ccc(OC(F)(F)F)cc2)C[C@@H](C)O1. The van der Waals surface area contributed by atoms with Crippen LogP contribution in [0.1, 0.15) is 13.8 Å². The molecule has 2 atom stereocenters. The van der Waals surface area contributed by atoms with Crippen molar-refractivity contribution in [3.8, 4) is 5.75 Å². The molecule has 0 unspecified atom stereocenters.